The van der Waals surface area contributed by atoms with Gasteiger partial charge in [-0.2, -0.15) is 0 Å². The van der Waals surface area contributed by atoms with Crippen LogP contribution in [0.3, 0.4) is 0 Å². The van der Waals surface area contributed by atoms with Gasteiger partial charge < -0.3 is 9.84 Å². The summed E-state index contributed by atoms with van der Waals surface area (Å²) in [6, 6.07) is 0. The molecule has 0 amide bonds. The Kier molecular flexibility index (Phi) is 2.61. The van der Waals surface area contributed by atoms with E-state index < -0.39 is 0 Å². The van der Waals surface area contributed by atoms with E-state index in [0.717, 1.165) is 44.0 Å². The predicted octanol–water partition coefficient (Wildman–Crippen LogP) is 0.388. The molecule has 0 spiro atoms. The molecule has 2 heterocycles. The van der Waals surface area contributed by atoms with Crippen molar-refractivity contribution >= 4 is 0 Å². The second-order valence-corrected chi connectivity index (χ2v) is 3.47. The van der Waals surface area contributed by atoms with Gasteiger partial charge in [-0.15, -0.1) is 0 Å². The molecule has 1 saturated heterocycles. The fourth-order valence-corrected chi connectivity index (χ4v) is 1.54. The van der Waals surface area contributed by atoms with Crippen LogP contribution in [0.1, 0.15) is 11.3 Å². The lowest BCUT2D eigenvalue weighted by molar-refractivity contribution is 0.226. The maximum atomic E-state index is 4.89. The first kappa shape index (κ1) is 8.72. The minimum absolute atomic E-state index is 0.921. The van der Waals surface area contributed by atoms with Crippen molar-refractivity contribution in [3.8, 4) is 0 Å². The van der Waals surface area contributed by atoms with Gasteiger partial charge >= 0.3 is 0 Å². The van der Waals surface area contributed by atoms with Gasteiger partial charge in [0.1, 0.15) is 12.0 Å². The standard InChI is InChI=1S/C9H15N3O/c1-8-7-13-11-9(8)6-12-4-2-10-3-5-12/h7,10H,2-6H2,1H3. The summed E-state index contributed by atoms with van der Waals surface area (Å²) >= 11 is 0. The topological polar surface area (TPSA) is 41.3 Å². The zero-order chi connectivity index (χ0) is 9.10. The molecule has 0 aliphatic carbocycles. The lowest BCUT2D eigenvalue weighted by Crippen LogP contribution is -2.43. The van der Waals surface area contributed by atoms with Crippen LogP contribution in [0, 0.1) is 6.92 Å². The molecule has 1 aromatic rings. The molecular weight excluding hydrogens is 166 g/mol. The molecule has 0 atom stereocenters. The molecule has 1 fully saturated rings. The van der Waals surface area contributed by atoms with Crippen LogP contribution in [0.25, 0.3) is 0 Å². The summed E-state index contributed by atoms with van der Waals surface area (Å²) in [6.45, 7) is 7.32. The monoisotopic (exact) mass is 181 g/mol. The molecule has 1 aliphatic rings. The van der Waals surface area contributed by atoms with E-state index in [9.17, 15) is 0 Å². The van der Waals surface area contributed by atoms with Gasteiger partial charge in [0, 0.05) is 38.3 Å². The normalized spacial score (nSPS) is 19.2. The van der Waals surface area contributed by atoms with Gasteiger partial charge in [-0.1, -0.05) is 5.16 Å². The molecule has 0 aromatic carbocycles. The highest BCUT2D eigenvalue weighted by atomic mass is 16.5. The Morgan fingerprint density at radius 3 is 2.92 bits per heavy atom. The third kappa shape index (κ3) is 2.08. The highest BCUT2D eigenvalue weighted by Gasteiger charge is 2.12. The van der Waals surface area contributed by atoms with Crippen molar-refractivity contribution in [2.24, 2.45) is 0 Å². The molecule has 1 N–H and O–H groups in total. The largest absolute Gasteiger partial charge is 0.364 e. The van der Waals surface area contributed by atoms with Crippen LogP contribution in [-0.2, 0) is 6.54 Å². The van der Waals surface area contributed by atoms with Gasteiger partial charge in [-0.25, -0.2) is 0 Å². The van der Waals surface area contributed by atoms with E-state index in [4.69, 9.17) is 4.52 Å². The van der Waals surface area contributed by atoms with Crippen LogP contribution in [0.4, 0.5) is 0 Å². The van der Waals surface area contributed by atoms with Crippen molar-refractivity contribution in [1.29, 1.82) is 0 Å². The Morgan fingerprint density at radius 1 is 1.54 bits per heavy atom. The third-order valence-corrected chi connectivity index (χ3v) is 2.43. The van der Waals surface area contributed by atoms with E-state index in [1.54, 1.807) is 6.26 Å². The maximum absolute atomic E-state index is 4.89. The lowest BCUT2D eigenvalue weighted by Gasteiger charge is -2.26. The van der Waals surface area contributed by atoms with Gasteiger partial charge in [-0.05, 0) is 6.92 Å². The average molecular weight is 181 g/mol. The first-order valence-corrected chi connectivity index (χ1v) is 4.69. The van der Waals surface area contributed by atoms with Crippen LogP contribution in [0.2, 0.25) is 0 Å². The average Bonchev–Trinajstić information content (AvgIpc) is 2.54. The van der Waals surface area contributed by atoms with E-state index in [2.05, 4.69) is 15.4 Å². The highest BCUT2D eigenvalue weighted by Crippen LogP contribution is 2.08. The quantitative estimate of drug-likeness (QED) is 0.716. The van der Waals surface area contributed by atoms with Crippen molar-refractivity contribution in [3.05, 3.63) is 17.5 Å². The fourth-order valence-electron chi connectivity index (χ4n) is 1.54. The van der Waals surface area contributed by atoms with E-state index in [1.165, 1.54) is 0 Å². The number of aryl methyl sites for hydroxylation is 1. The Labute approximate surface area is 77.9 Å². The summed E-state index contributed by atoms with van der Waals surface area (Å²) in [7, 11) is 0. The molecule has 1 aromatic heterocycles. The molecule has 0 radical (unpaired) electrons. The smallest absolute Gasteiger partial charge is 0.127 e. The van der Waals surface area contributed by atoms with Crippen molar-refractivity contribution in [3.63, 3.8) is 0 Å². The van der Waals surface area contributed by atoms with Crippen LogP contribution in [0.5, 0.6) is 0 Å². The zero-order valence-electron chi connectivity index (χ0n) is 7.92. The minimum atomic E-state index is 0.921. The third-order valence-electron chi connectivity index (χ3n) is 2.43. The summed E-state index contributed by atoms with van der Waals surface area (Å²) in [4.78, 5) is 2.39. The Bertz CT molecular complexity index is 266. The number of nitrogens with zero attached hydrogens (tertiary/aromatic N) is 2. The number of nitrogens with one attached hydrogen (secondary N) is 1. The number of aromatic nitrogens is 1. The molecule has 72 valence electrons. The Morgan fingerprint density at radius 2 is 2.31 bits per heavy atom. The van der Waals surface area contributed by atoms with E-state index in [1.807, 2.05) is 6.92 Å². The van der Waals surface area contributed by atoms with Gasteiger partial charge in [0.05, 0.1) is 0 Å². The van der Waals surface area contributed by atoms with Crippen LogP contribution < -0.4 is 5.32 Å². The van der Waals surface area contributed by atoms with E-state index in [0.29, 0.717) is 0 Å². The maximum Gasteiger partial charge on any atom is 0.127 e. The molecule has 13 heavy (non-hydrogen) atoms. The Hall–Kier alpha value is -0.870. The number of rotatable bonds is 2. The number of hydrogen-bond donors (Lipinski definition) is 1. The minimum Gasteiger partial charge on any atom is -0.364 e. The molecule has 0 saturated carbocycles. The first-order chi connectivity index (χ1) is 6.36. The van der Waals surface area contributed by atoms with Gasteiger partial charge in [0.2, 0.25) is 0 Å². The number of hydrogen-bond acceptors (Lipinski definition) is 4. The molecule has 0 unspecified atom stereocenters. The summed E-state index contributed by atoms with van der Waals surface area (Å²) in [5.74, 6) is 0. The molecular formula is C9H15N3O. The first-order valence-electron chi connectivity index (χ1n) is 4.69. The summed E-state index contributed by atoms with van der Waals surface area (Å²) in [5, 5.41) is 7.30. The lowest BCUT2D eigenvalue weighted by atomic mass is 10.2. The van der Waals surface area contributed by atoms with Crippen LogP contribution >= 0.6 is 0 Å². The van der Waals surface area contributed by atoms with Gasteiger partial charge in [0.15, 0.2) is 0 Å². The SMILES string of the molecule is Cc1conc1CN1CCNCC1. The van der Waals surface area contributed by atoms with Crippen molar-refractivity contribution in [2.45, 2.75) is 13.5 Å². The zero-order valence-corrected chi connectivity index (χ0v) is 7.92. The Balaban J connectivity index is 1.93. The second kappa shape index (κ2) is 3.89. The van der Waals surface area contributed by atoms with Crippen molar-refractivity contribution < 1.29 is 4.52 Å². The van der Waals surface area contributed by atoms with Crippen molar-refractivity contribution in [1.82, 2.24) is 15.4 Å². The van der Waals surface area contributed by atoms with Gasteiger partial charge in [-0.3, -0.25) is 4.90 Å². The molecule has 2 rings (SSSR count). The summed E-state index contributed by atoms with van der Waals surface area (Å²) < 4.78 is 4.89. The molecule has 1 aliphatic heterocycles. The van der Waals surface area contributed by atoms with Crippen LogP contribution in [-0.4, -0.2) is 36.2 Å². The van der Waals surface area contributed by atoms with E-state index in [-0.39, 0.29) is 0 Å². The molecule has 0 bridgehead atoms. The predicted molar refractivity (Wildman–Crippen MR) is 49.4 cm³/mol. The molecule has 4 heteroatoms. The fraction of sp³-hybridized carbons (Fsp3) is 0.667. The molecule has 4 nitrogen and oxygen atoms in total. The van der Waals surface area contributed by atoms with Crippen LogP contribution in [0.15, 0.2) is 10.8 Å². The van der Waals surface area contributed by atoms with E-state index >= 15 is 0 Å². The van der Waals surface area contributed by atoms with Crippen molar-refractivity contribution in [2.75, 3.05) is 26.2 Å². The summed E-state index contributed by atoms with van der Waals surface area (Å²) in [6.07, 6.45) is 1.71. The number of piperazine rings is 1. The van der Waals surface area contributed by atoms with Gasteiger partial charge in [0.25, 0.3) is 0 Å². The summed E-state index contributed by atoms with van der Waals surface area (Å²) in [5.41, 5.74) is 2.22. The second-order valence-electron chi connectivity index (χ2n) is 3.47. The highest BCUT2D eigenvalue weighted by molar-refractivity contribution is 5.11.